The van der Waals surface area contributed by atoms with Crippen molar-refractivity contribution in [2.75, 3.05) is 33.4 Å². The van der Waals surface area contributed by atoms with E-state index in [4.69, 9.17) is 9.72 Å². The van der Waals surface area contributed by atoms with E-state index in [2.05, 4.69) is 21.2 Å². The van der Waals surface area contributed by atoms with Crippen LogP contribution in [-0.2, 0) is 9.53 Å². The SMILES string of the molecule is COCCNC(=O)C1CCN(C(=O)c2cc(-c3ccc(Br)cc3)nc3ccccc23)CC1. The lowest BCUT2D eigenvalue weighted by molar-refractivity contribution is -0.126. The average Bonchev–Trinajstić information content (AvgIpc) is 2.83. The number of likely N-dealkylation sites (tertiary alicyclic amines) is 1. The average molecular weight is 496 g/mol. The standard InChI is InChI=1S/C25H26BrN3O3/c1-32-15-12-27-24(30)18-10-13-29(14-11-18)25(31)21-16-23(17-6-8-19(26)9-7-17)28-22-5-3-2-4-20(21)22/h2-9,16,18H,10-15H2,1H3,(H,27,30). The number of carbonyl (C=O) groups excluding carboxylic acids is 2. The molecule has 1 aliphatic heterocycles. The Bertz CT molecular complexity index is 1110. The maximum atomic E-state index is 13.5. The smallest absolute Gasteiger partial charge is 0.254 e. The minimum Gasteiger partial charge on any atom is -0.383 e. The summed E-state index contributed by atoms with van der Waals surface area (Å²) in [6, 6.07) is 17.5. The maximum Gasteiger partial charge on any atom is 0.254 e. The number of piperidine rings is 1. The van der Waals surface area contributed by atoms with Gasteiger partial charge in [0.2, 0.25) is 5.91 Å². The quantitative estimate of drug-likeness (QED) is 0.518. The number of amides is 2. The summed E-state index contributed by atoms with van der Waals surface area (Å²) in [6.07, 6.45) is 1.32. The van der Waals surface area contributed by atoms with Crippen molar-refractivity contribution in [2.45, 2.75) is 12.8 Å². The van der Waals surface area contributed by atoms with Crippen LogP contribution in [0.3, 0.4) is 0 Å². The molecule has 0 aliphatic carbocycles. The largest absolute Gasteiger partial charge is 0.383 e. The lowest BCUT2D eigenvalue weighted by Gasteiger charge is -2.31. The topological polar surface area (TPSA) is 71.5 Å². The summed E-state index contributed by atoms with van der Waals surface area (Å²) in [4.78, 5) is 32.5. The van der Waals surface area contributed by atoms with Gasteiger partial charge in [-0.2, -0.15) is 0 Å². The van der Waals surface area contributed by atoms with E-state index >= 15 is 0 Å². The molecule has 0 unspecified atom stereocenters. The first kappa shape index (κ1) is 22.4. The molecule has 2 aromatic carbocycles. The molecular formula is C25H26BrN3O3. The lowest BCUT2D eigenvalue weighted by atomic mass is 9.95. The number of ether oxygens (including phenoxy) is 1. The molecule has 3 aromatic rings. The normalized spacial score (nSPS) is 14.5. The van der Waals surface area contributed by atoms with Gasteiger partial charge in [-0.3, -0.25) is 9.59 Å². The van der Waals surface area contributed by atoms with E-state index in [1.54, 1.807) is 7.11 Å². The number of nitrogens with zero attached hydrogens (tertiary/aromatic N) is 2. The Balaban J connectivity index is 1.55. The lowest BCUT2D eigenvalue weighted by Crippen LogP contribution is -2.43. The Hall–Kier alpha value is -2.77. The Kier molecular flexibility index (Phi) is 7.17. The van der Waals surface area contributed by atoms with Gasteiger partial charge in [0.15, 0.2) is 0 Å². The fourth-order valence-corrected chi connectivity index (χ4v) is 4.32. The summed E-state index contributed by atoms with van der Waals surface area (Å²) in [6.45, 7) is 2.13. The number of para-hydroxylation sites is 1. The summed E-state index contributed by atoms with van der Waals surface area (Å²) >= 11 is 3.46. The third-order valence-electron chi connectivity index (χ3n) is 5.84. The highest BCUT2D eigenvalue weighted by atomic mass is 79.9. The van der Waals surface area contributed by atoms with Crippen molar-refractivity contribution in [3.05, 3.63) is 64.6 Å². The highest BCUT2D eigenvalue weighted by Crippen LogP contribution is 2.28. The first-order valence-corrected chi connectivity index (χ1v) is 11.6. The molecule has 1 aliphatic rings. The molecule has 0 bridgehead atoms. The van der Waals surface area contributed by atoms with Crippen molar-refractivity contribution in [1.82, 2.24) is 15.2 Å². The van der Waals surface area contributed by atoms with Crippen LogP contribution in [0.15, 0.2) is 59.1 Å². The van der Waals surface area contributed by atoms with Crippen molar-refractivity contribution < 1.29 is 14.3 Å². The van der Waals surface area contributed by atoms with Crippen LogP contribution in [0.2, 0.25) is 0 Å². The number of benzene rings is 2. The highest BCUT2D eigenvalue weighted by molar-refractivity contribution is 9.10. The van der Waals surface area contributed by atoms with Crippen LogP contribution < -0.4 is 5.32 Å². The molecule has 1 aromatic heterocycles. The number of hydrogen-bond acceptors (Lipinski definition) is 4. The van der Waals surface area contributed by atoms with Gasteiger partial charge in [-0.1, -0.05) is 46.3 Å². The molecule has 166 valence electrons. The third-order valence-corrected chi connectivity index (χ3v) is 6.37. The van der Waals surface area contributed by atoms with Crippen LogP contribution in [0.5, 0.6) is 0 Å². The first-order valence-electron chi connectivity index (χ1n) is 10.8. The molecule has 0 atom stereocenters. The number of hydrogen-bond donors (Lipinski definition) is 1. The van der Waals surface area contributed by atoms with Crippen LogP contribution in [0, 0.1) is 5.92 Å². The second-order valence-corrected chi connectivity index (χ2v) is 8.85. The summed E-state index contributed by atoms with van der Waals surface area (Å²) < 4.78 is 5.98. The molecule has 4 rings (SSSR count). The van der Waals surface area contributed by atoms with E-state index < -0.39 is 0 Å². The molecule has 7 heteroatoms. The summed E-state index contributed by atoms with van der Waals surface area (Å²) in [5, 5.41) is 3.75. The maximum absolute atomic E-state index is 13.5. The molecule has 1 N–H and O–H groups in total. The van der Waals surface area contributed by atoms with Crippen LogP contribution in [0.4, 0.5) is 0 Å². The summed E-state index contributed by atoms with van der Waals surface area (Å²) in [5.41, 5.74) is 3.17. The molecule has 1 fully saturated rings. The van der Waals surface area contributed by atoms with Gasteiger partial charge in [0.25, 0.3) is 5.91 Å². The van der Waals surface area contributed by atoms with Gasteiger partial charge in [0.05, 0.1) is 23.4 Å². The minimum atomic E-state index is -0.0663. The molecular weight excluding hydrogens is 470 g/mol. The van der Waals surface area contributed by atoms with E-state index in [1.165, 1.54) is 0 Å². The van der Waals surface area contributed by atoms with E-state index in [0.29, 0.717) is 44.6 Å². The molecule has 1 saturated heterocycles. The van der Waals surface area contributed by atoms with Crippen molar-refractivity contribution in [2.24, 2.45) is 5.92 Å². The van der Waals surface area contributed by atoms with Gasteiger partial charge in [-0.15, -0.1) is 0 Å². The van der Waals surface area contributed by atoms with Crippen molar-refractivity contribution in [3.8, 4) is 11.3 Å². The summed E-state index contributed by atoms with van der Waals surface area (Å²) in [5.74, 6) is -0.0374. The molecule has 0 saturated carbocycles. The van der Waals surface area contributed by atoms with Crippen LogP contribution >= 0.6 is 15.9 Å². The van der Waals surface area contributed by atoms with Crippen LogP contribution in [-0.4, -0.2) is 55.0 Å². The summed E-state index contributed by atoms with van der Waals surface area (Å²) in [7, 11) is 1.61. The monoisotopic (exact) mass is 495 g/mol. The zero-order valence-corrected chi connectivity index (χ0v) is 19.6. The molecule has 32 heavy (non-hydrogen) atoms. The number of pyridine rings is 1. The number of fused-ring (bicyclic) bond motifs is 1. The Morgan fingerprint density at radius 3 is 2.56 bits per heavy atom. The second-order valence-electron chi connectivity index (χ2n) is 7.93. The predicted octanol–water partition coefficient (Wildman–Crippen LogP) is 4.28. The van der Waals surface area contributed by atoms with E-state index in [1.807, 2.05) is 59.5 Å². The fraction of sp³-hybridized carbons (Fsp3) is 0.320. The number of halogens is 1. The van der Waals surface area contributed by atoms with Gasteiger partial charge in [0.1, 0.15) is 0 Å². The third kappa shape index (κ3) is 5.00. The number of nitrogens with one attached hydrogen (secondary N) is 1. The van der Waals surface area contributed by atoms with Gasteiger partial charge >= 0.3 is 0 Å². The van der Waals surface area contributed by atoms with Crippen molar-refractivity contribution in [1.29, 1.82) is 0 Å². The molecule has 2 amide bonds. The van der Waals surface area contributed by atoms with E-state index in [9.17, 15) is 9.59 Å². The van der Waals surface area contributed by atoms with Crippen molar-refractivity contribution >= 4 is 38.6 Å². The van der Waals surface area contributed by atoms with Gasteiger partial charge in [0, 0.05) is 48.1 Å². The van der Waals surface area contributed by atoms with Crippen molar-refractivity contribution in [3.63, 3.8) is 0 Å². The van der Waals surface area contributed by atoms with Gasteiger partial charge < -0.3 is 15.0 Å². The van der Waals surface area contributed by atoms with Crippen LogP contribution in [0.25, 0.3) is 22.2 Å². The van der Waals surface area contributed by atoms with E-state index in [0.717, 1.165) is 26.6 Å². The fourth-order valence-electron chi connectivity index (χ4n) is 4.06. The Labute approximate surface area is 196 Å². The van der Waals surface area contributed by atoms with Gasteiger partial charge in [-0.25, -0.2) is 4.98 Å². The number of carbonyl (C=O) groups is 2. The molecule has 2 heterocycles. The molecule has 0 radical (unpaired) electrons. The number of methoxy groups -OCH3 is 1. The van der Waals surface area contributed by atoms with Crippen LogP contribution in [0.1, 0.15) is 23.2 Å². The highest BCUT2D eigenvalue weighted by Gasteiger charge is 2.28. The van der Waals surface area contributed by atoms with E-state index in [-0.39, 0.29) is 17.7 Å². The Morgan fingerprint density at radius 2 is 1.84 bits per heavy atom. The Morgan fingerprint density at radius 1 is 1.12 bits per heavy atom. The minimum absolute atomic E-state index is 0.0137. The molecule has 6 nitrogen and oxygen atoms in total. The number of aromatic nitrogens is 1. The number of rotatable bonds is 6. The van der Waals surface area contributed by atoms with Gasteiger partial charge in [-0.05, 0) is 37.1 Å². The zero-order valence-electron chi connectivity index (χ0n) is 18.0. The molecule has 0 spiro atoms. The zero-order chi connectivity index (χ0) is 22.5. The predicted molar refractivity (Wildman–Crippen MR) is 128 cm³/mol. The second kappa shape index (κ2) is 10.2. The first-order chi connectivity index (χ1) is 15.6.